The summed E-state index contributed by atoms with van der Waals surface area (Å²) >= 11 is 0. The van der Waals surface area contributed by atoms with Gasteiger partial charge in [0, 0.05) is 0 Å². The Morgan fingerprint density at radius 3 is 1.96 bits per heavy atom. The first-order chi connectivity index (χ1) is 10.7. The summed E-state index contributed by atoms with van der Waals surface area (Å²) in [4.78, 5) is 22.0. The number of hydrazone groups is 1. The smallest absolute Gasteiger partial charge is 0.332 e. The van der Waals surface area contributed by atoms with Crippen LogP contribution in [0.3, 0.4) is 0 Å². The van der Waals surface area contributed by atoms with Crippen LogP contribution in [0.2, 0.25) is 0 Å². The second-order valence-electron chi connectivity index (χ2n) is 3.96. The number of ether oxygens (including phenoxy) is 1. The largest absolute Gasteiger partial charge is 0.466 e. The highest BCUT2D eigenvalue weighted by Crippen LogP contribution is 2.24. The van der Waals surface area contributed by atoms with Crippen molar-refractivity contribution in [3.63, 3.8) is 0 Å². The standard InChI is InChI=1S/C12H10F5N3O3/c1-2-23-5(21)3-4(19-20-12(18)22)6-7(13)9(15)11(17)10(16)8(6)14/h2-3H2,1H3,(H3,18,20,22)/b19-4+. The van der Waals surface area contributed by atoms with Crippen LogP contribution in [0, 0.1) is 29.1 Å². The van der Waals surface area contributed by atoms with Gasteiger partial charge in [0.2, 0.25) is 5.82 Å². The lowest BCUT2D eigenvalue weighted by molar-refractivity contribution is -0.141. The number of nitrogens with zero attached hydrogens (tertiary/aromatic N) is 1. The number of nitrogens with one attached hydrogen (secondary N) is 1. The number of urea groups is 1. The number of hydrogen-bond donors (Lipinski definition) is 2. The molecule has 0 unspecified atom stereocenters. The van der Waals surface area contributed by atoms with Crippen LogP contribution in [0.15, 0.2) is 5.10 Å². The fourth-order valence-corrected chi connectivity index (χ4v) is 1.51. The normalized spacial score (nSPS) is 11.3. The fourth-order valence-electron chi connectivity index (χ4n) is 1.51. The molecule has 0 aliphatic carbocycles. The van der Waals surface area contributed by atoms with Crippen molar-refractivity contribution in [1.29, 1.82) is 0 Å². The molecule has 11 heteroatoms. The number of carbonyl (C=O) groups is 2. The van der Waals surface area contributed by atoms with Crippen LogP contribution < -0.4 is 11.2 Å². The Labute approximate surface area is 126 Å². The number of primary amides is 1. The molecule has 23 heavy (non-hydrogen) atoms. The average molecular weight is 339 g/mol. The van der Waals surface area contributed by atoms with Crippen molar-refractivity contribution in [1.82, 2.24) is 5.43 Å². The SMILES string of the molecule is CCOC(=O)C/C(=N\NC(N)=O)c1c(F)c(F)c(F)c(F)c1F. The van der Waals surface area contributed by atoms with Crippen molar-refractivity contribution >= 4 is 17.7 Å². The summed E-state index contributed by atoms with van der Waals surface area (Å²) in [6, 6.07) is -1.28. The molecule has 0 heterocycles. The van der Waals surface area contributed by atoms with E-state index in [1.807, 2.05) is 0 Å². The van der Waals surface area contributed by atoms with Crippen LogP contribution in [0.1, 0.15) is 18.9 Å². The van der Waals surface area contributed by atoms with Gasteiger partial charge in [0.05, 0.1) is 24.3 Å². The molecule has 0 saturated carbocycles. The Morgan fingerprint density at radius 1 is 1.04 bits per heavy atom. The van der Waals surface area contributed by atoms with E-state index in [0.29, 0.717) is 0 Å². The maximum Gasteiger partial charge on any atom is 0.332 e. The van der Waals surface area contributed by atoms with E-state index < -0.39 is 58.8 Å². The molecular formula is C12H10F5N3O3. The molecule has 0 spiro atoms. The molecule has 0 radical (unpaired) electrons. The van der Waals surface area contributed by atoms with Crippen LogP contribution in [0.5, 0.6) is 0 Å². The van der Waals surface area contributed by atoms with Gasteiger partial charge in [0.1, 0.15) is 0 Å². The Bertz CT molecular complexity index is 649. The molecule has 0 fully saturated rings. The Morgan fingerprint density at radius 2 is 1.52 bits per heavy atom. The van der Waals surface area contributed by atoms with Crippen LogP contribution in [0.25, 0.3) is 0 Å². The number of halogens is 5. The molecule has 0 aliphatic heterocycles. The van der Waals surface area contributed by atoms with E-state index in [2.05, 4.69) is 9.84 Å². The summed E-state index contributed by atoms with van der Waals surface area (Å²) in [5, 5.41) is 3.10. The van der Waals surface area contributed by atoms with E-state index in [9.17, 15) is 31.5 Å². The number of carbonyl (C=O) groups excluding carboxylic acids is 2. The summed E-state index contributed by atoms with van der Waals surface area (Å²) in [5.41, 5.74) is 3.83. The van der Waals surface area contributed by atoms with Crippen molar-refractivity contribution < 1.29 is 36.3 Å². The third kappa shape index (κ3) is 4.14. The molecule has 0 bridgehead atoms. The molecule has 1 aromatic carbocycles. The van der Waals surface area contributed by atoms with Crippen molar-refractivity contribution in [2.24, 2.45) is 10.8 Å². The Balaban J connectivity index is 3.46. The van der Waals surface area contributed by atoms with E-state index in [-0.39, 0.29) is 6.61 Å². The number of benzene rings is 1. The summed E-state index contributed by atoms with van der Waals surface area (Å²) in [7, 11) is 0. The maximum atomic E-state index is 13.7. The van der Waals surface area contributed by atoms with E-state index in [1.165, 1.54) is 6.92 Å². The average Bonchev–Trinajstić information content (AvgIpc) is 2.48. The molecule has 0 atom stereocenters. The molecular weight excluding hydrogens is 329 g/mol. The van der Waals surface area contributed by atoms with E-state index in [4.69, 9.17) is 5.73 Å². The van der Waals surface area contributed by atoms with E-state index in [0.717, 1.165) is 0 Å². The van der Waals surface area contributed by atoms with Gasteiger partial charge in [0.15, 0.2) is 23.3 Å². The summed E-state index contributed by atoms with van der Waals surface area (Å²) in [6.45, 7) is 1.32. The number of rotatable bonds is 5. The van der Waals surface area contributed by atoms with Gasteiger partial charge < -0.3 is 10.5 Å². The minimum atomic E-state index is -2.37. The zero-order valence-corrected chi connectivity index (χ0v) is 11.6. The molecule has 3 N–H and O–H groups in total. The molecule has 126 valence electrons. The van der Waals surface area contributed by atoms with Gasteiger partial charge in [-0.25, -0.2) is 32.2 Å². The van der Waals surface area contributed by atoms with Crippen LogP contribution in [-0.4, -0.2) is 24.3 Å². The van der Waals surface area contributed by atoms with E-state index >= 15 is 0 Å². The summed E-state index contributed by atoms with van der Waals surface area (Å²) in [5.74, 6) is -12.3. The van der Waals surface area contributed by atoms with Gasteiger partial charge in [-0.1, -0.05) is 0 Å². The fraction of sp³-hybridized carbons (Fsp3) is 0.250. The first kappa shape index (κ1) is 18.3. The van der Waals surface area contributed by atoms with Crippen LogP contribution >= 0.6 is 0 Å². The third-order valence-electron chi connectivity index (χ3n) is 2.42. The number of amides is 2. The first-order valence-electron chi connectivity index (χ1n) is 6.00. The van der Waals surface area contributed by atoms with Gasteiger partial charge >= 0.3 is 12.0 Å². The van der Waals surface area contributed by atoms with Crippen LogP contribution in [-0.2, 0) is 9.53 Å². The number of esters is 1. The highest BCUT2D eigenvalue weighted by molar-refractivity contribution is 6.09. The van der Waals surface area contributed by atoms with Crippen molar-refractivity contribution in [2.75, 3.05) is 6.61 Å². The molecule has 1 aromatic rings. The molecule has 0 saturated heterocycles. The predicted molar refractivity (Wildman–Crippen MR) is 66.7 cm³/mol. The molecule has 1 rings (SSSR count). The lowest BCUT2D eigenvalue weighted by Crippen LogP contribution is -2.28. The van der Waals surface area contributed by atoms with Crippen LogP contribution in [0.4, 0.5) is 26.7 Å². The van der Waals surface area contributed by atoms with E-state index in [1.54, 1.807) is 5.43 Å². The minimum Gasteiger partial charge on any atom is -0.466 e. The second-order valence-corrected chi connectivity index (χ2v) is 3.96. The highest BCUT2D eigenvalue weighted by atomic mass is 19.2. The number of nitrogens with two attached hydrogens (primary N) is 1. The van der Waals surface area contributed by atoms with Gasteiger partial charge in [-0.15, -0.1) is 0 Å². The molecule has 6 nitrogen and oxygen atoms in total. The van der Waals surface area contributed by atoms with Gasteiger partial charge in [-0.2, -0.15) is 5.10 Å². The second kappa shape index (κ2) is 7.51. The zero-order valence-electron chi connectivity index (χ0n) is 11.6. The van der Waals surface area contributed by atoms with Crippen molar-refractivity contribution in [3.05, 3.63) is 34.6 Å². The quantitative estimate of drug-likeness (QED) is 0.214. The third-order valence-corrected chi connectivity index (χ3v) is 2.42. The first-order valence-corrected chi connectivity index (χ1v) is 6.00. The Hall–Kier alpha value is -2.72. The predicted octanol–water partition coefficient (Wildman–Crippen LogP) is 1.71. The van der Waals surface area contributed by atoms with Gasteiger partial charge in [-0.3, -0.25) is 4.79 Å². The Kier molecular flexibility index (Phi) is 5.99. The molecule has 0 aliphatic rings. The van der Waals surface area contributed by atoms with Crippen molar-refractivity contribution in [3.8, 4) is 0 Å². The monoisotopic (exact) mass is 339 g/mol. The van der Waals surface area contributed by atoms with Gasteiger partial charge in [0.25, 0.3) is 0 Å². The van der Waals surface area contributed by atoms with Crippen molar-refractivity contribution in [2.45, 2.75) is 13.3 Å². The molecule has 0 aromatic heterocycles. The number of hydrogen-bond acceptors (Lipinski definition) is 4. The minimum absolute atomic E-state index is 0.105. The summed E-state index contributed by atoms with van der Waals surface area (Å²) < 4.78 is 71.3. The lowest BCUT2D eigenvalue weighted by atomic mass is 10.0. The topological polar surface area (TPSA) is 93.8 Å². The lowest BCUT2D eigenvalue weighted by Gasteiger charge is -2.11. The van der Waals surface area contributed by atoms with Gasteiger partial charge in [-0.05, 0) is 6.92 Å². The summed E-state index contributed by atoms with van der Waals surface area (Å²) in [6.07, 6.45) is -0.966. The maximum absolute atomic E-state index is 13.7. The molecule has 2 amide bonds. The highest BCUT2D eigenvalue weighted by Gasteiger charge is 2.29. The zero-order chi connectivity index (χ0) is 17.7.